The lowest BCUT2D eigenvalue weighted by molar-refractivity contribution is -0.388. The zero-order valence-electron chi connectivity index (χ0n) is 12.6. The van der Waals surface area contributed by atoms with Crippen molar-refractivity contribution in [2.24, 2.45) is 11.7 Å². The van der Waals surface area contributed by atoms with Gasteiger partial charge in [0.15, 0.2) is 16.4 Å². The average Bonchev–Trinajstić information content (AvgIpc) is 3.36. The summed E-state index contributed by atoms with van der Waals surface area (Å²) in [6.07, 6.45) is 1.96. The van der Waals surface area contributed by atoms with Crippen LogP contribution in [0.25, 0.3) is 0 Å². The van der Waals surface area contributed by atoms with Gasteiger partial charge in [0.1, 0.15) is 13.2 Å². The van der Waals surface area contributed by atoms with Crippen LogP contribution in [0.4, 0.5) is 5.69 Å². The van der Waals surface area contributed by atoms with E-state index in [-0.39, 0.29) is 49.7 Å². The van der Waals surface area contributed by atoms with Gasteiger partial charge in [-0.05, 0) is 18.8 Å². The van der Waals surface area contributed by atoms with Gasteiger partial charge in [-0.25, -0.2) is 13.1 Å². The second-order valence-electron chi connectivity index (χ2n) is 5.57. The standard InChI is InChI=1S/C13H17N3O6S.ClH/c14-9(8-1-2-8)7-15-23(19,20)13-6-12-11(21-3-4-22-12)5-10(13)16(17)18;/h5-6,8-9,15H,1-4,7,14H2;1H. The average molecular weight is 380 g/mol. The molecule has 1 aromatic rings. The summed E-state index contributed by atoms with van der Waals surface area (Å²) in [6, 6.07) is 1.91. The van der Waals surface area contributed by atoms with Crippen LogP contribution in [0.2, 0.25) is 0 Å². The van der Waals surface area contributed by atoms with Gasteiger partial charge >= 0.3 is 0 Å². The fraction of sp³-hybridized carbons (Fsp3) is 0.538. The molecule has 0 saturated heterocycles. The summed E-state index contributed by atoms with van der Waals surface area (Å²) in [5, 5.41) is 11.2. The number of nitro benzene ring substituents is 1. The minimum absolute atomic E-state index is 0. The van der Waals surface area contributed by atoms with Crippen molar-refractivity contribution in [3.63, 3.8) is 0 Å². The van der Waals surface area contributed by atoms with Gasteiger partial charge in [0.05, 0.1) is 11.0 Å². The molecule has 1 aliphatic heterocycles. The highest BCUT2D eigenvalue weighted by Gasteiger charge is 2.33. The fourth-order valence-electron chi connectivity index (χ4n) is 2.39. The number of ether oxygens (including phenoxy) is 2. The van der Waals surface area contributed by atoms with Crippen molar-refractivity contribution < 1.29 is 22.8 Å². The lowest BCUT2D eigenvalue weighted by atomic mass is 10.2. The Morgan fingerprint density at radius 1 is 1.29 bits per heavy atom. The molecule has 1 fully saturated rings. The predicted octanol–water partition coefficient (Wildman–Crippen LogP) is 0.803. The van der Waals surface area contributed by atoms with Gasteiger partial charge in [0, 0.05) is 18.7 Å². The number of sulfonamides is 1. The maximum Gasteiger partial charge on any atom is 0.293 e. The van der Waals surface area contributed by atoms with Crippen LogP contribution in [-0.2, 0) is 10.0 Å². The first-order valence-corrected chi connectivity index (χ1v) is 8.70. The van der Waals surface area contributed by atoms with Crippen LogP contribution in [0.15, 0.2) is 17.0 Å². The maximum atomic E-state index is 12.4. The lowest BCUT2D eigenvalue weighted by Gasteiger charge is -2.19. The van der Waals surface area contributed by atoms with Gasteiger partial charge in [-0.1, -0.05) is 0 Å². The first-order valence-electron chi connectivity index (χ1n) is 7.22. The molecule has 0 radical (unpaired) electrons. The van der Waals surface area contributed by atoms with E-state index in [1.165, 1.54) is 0 Å². The van der Waals surface area contributed by atoms with E-state index in [0.29, 0.717) is 5.92 Å². The zero-order chi connectivity index (χ0) is 16.6. The summed E-state index contributed by atoms with van der Waals surface area (Å²) in [6.45, 7) is 0.549. The summed E-state index contributed by atoms with van der Waals surface area (Å²) in [4.78, 5) is 10.00. The monoisotopic (exact) mass is 379 g/mol. The van der Waals surface area contributed by atoms with E-state index in [9.17, 15) is 18.5 Å². The molecule has 3 N–H and O–H groups in total. The van der Waals surface area contributed by atoms with Gasteiger partial charge in [0.2, 0.25) is 10.0 Å². The van der Waals surface area contributed by atoms with Crippen molar-refractivity contribution in [1.29, 1.82) is 0 Å². The number of halogens is 1. The van der Waals surface area contributed by atoms with Crippen LogP contribution in [0.1, 0.15) is 12.8 Å². The Hall–Kier alpha value is -1.62. The third-order valence-corrected chi connectivity index (χ3v) is 5.30. The van der Waals surface area contributed by atoms with E-state index in [1.54, 1.807) is 0 Å². The Morgan fingerprint density at radius 2 is 1.88 bits per heavy atom. The molecule has 24 heavy (non-hydrogen) atoms. The summed E-state index contributed by atoms with van der Waals surface area (Å²) in [5.74, 6) is 0.651. The molecule has 134 valence electrons. The minimum Gasteiger partial charge on any atom is -0.486 e. The number of nitro groups is 1. The Kier molecular flexibility index (Phi) is 5.53. The smallest absolute Gasteiger partial charge is 0.293 e. The molecule has 11 heteroatoms. The minimum atomic E-state index is -4.08. The SMILES string of the molecule is Cl.NC(CNS(=O)(=O)c1cc2c(cc1[N+](=O)[O-])OCCO2)C1CC1. The molecule has 1 atom stereocenters. The number of nitrogens with two attached hydrogens (primary N) is 1. The largest absolute Gasteiger partial charge is 0.486 e. The quantitative estimate of drug-likeness (QED) is 0.551. The van der Waals surface area contributed by atoms with Gasteiger partial charge in [0.25, 0.3) is 5.69 Å². The van der Waals surface area contributed by atoms with Gasteiger partial charge in [-0.2, -0.15) is 0 Å². The van der Waals surface area contributed by atoms with Crippen LogP contribution in [-0.4, -0.2) is 39.1 Å². The molecule has 9 nitrogen and oxygen atoms in total. The molecule has 0 spiro atoms. The van der Waals surface area contributed by atoms with Crippen molar-refractivity contribution >= 4 is 28.1 Å². The molecular weight excluding hydrogens is 362 g/mol. The van der Waals surface area contributed by atoms with E-state index >= 15 is 0 Å². The van der Waals surface area contributed by atoms with Crippen LogP contribution in [0, 0.1) is 16.0 Å². The molecule has 2 aliphatic rings. The van der Waals surface area contributed by atoms with E-state index in [2.05, 4.69) is 4.72 Å². The first kappa shape index (κ1) is 18.7. The topological polar surface area (TPSA) is 134 Å². The van der Waals surface area contributed by atoms with Crippen molar-refractivity contribution in [1.82, 2.24) is 4.72 Å². The highest BCUT2D eigenvalue weighted by atomic mass is 35.5. The van der Waals surface area contributed by atoms with Gasteiger partial charge < -0.3 is 15.2 Å². The van der Waals surface area contributed by atoms with Gasteiger partial charge in [-0.3, -0.25) is 10.1 Å². The Bertz CT molecular complexity index is 737. The summed E-state index contributed by atoms with van der Waals surface area (Å²) < 4.78 is 37.7. The van der Waals surface area contributed by atoms with Crippen LogP contribution < -0.4 is 19.9 Å². The molecule has 1 aliphatic carbocycles. The van der Waals surface area contributed by atoms with Gasteiger partial charge in [-0.15, -0.1) is 12.4 Å². The van der Waals surface area contributed by atoms with E-state index in [1.807, 2.05) is 0 Å². The Balaban J connectivity index is 0.00000208. The highest BCUT2D eigenvalue weighted by Crippen LogP contribution is 2.38. The number of rotatable bonds is 6. The number of hydrogen-bond acceptors (Lipinski definition) is 7. The zero-order valence-corrected chi connectivity index (χ0v) is 14.3. The van der Waals surface area contributed by atoms with Crippen LogP contribution >= 0.6 is 12.4 Å². The third-order valence-electron chi connectivity index (χ3n) is 3.85. The number of benzene rings is 1. The van der Waals surface area contributed by atoms with Crippen molar-refractivity contribution in [2.45, 2.75) is 23.8 Å². The molecule has 1 unspecified atom stereocenters. The molecule has 0 amide bonds. The van der Waals surface area contributed by atoms with E-state index < -0.39 is 25.5 Å². The second kappa shape index (κ2) is 7.09. The number of hydrogen-bond donors (Lipinski definition) is 2. The summed E-state index contributed by atoms with van der Waals surface area (Å²) in [7, 11) is -4.08. The van der Waals surface area contributed by atoms with Crippen molar-refractivity contribution in [2.75, 3.05) is 19.8 Å². The maximum absolute atomic E-state index is 12.4. The highest BCUT2D eigenvalue weighted by molar-refractivity contribution is 7.89. The number of nitrogens with zero attached hydrogens (tertiary/aromatic N) is 1. The van der Waals surface area contributed by atoms with Crippen LogP contribution in [0.5, 0.6) is 11.5 Å². The van der Waals surface area contributed by atoms with Crippen molar-refractivity contribution in [3.05, 3.63) is 22.2 Å². The molecule has 0 bridgehead atoms. The van der Waals surface area contributed by atoms with E-state index in [4.69, 9.17) is 15.2 Å². The summed E-state index contributed by atoms with van der Waals surface area (Å²) in [5.41, 5.74) is 5.31. The predicted molar refractivity (Wildman–Crippen MR) is 87.2 cm³/mol. The molecular formula is C13H18ClN3O6S. The lowest BCUT2D eigenvalue weighted by Crippen LogP contribution is -2.38. The Labute approximate surface area is 145 Å². The fourth-order valence-corrected chi connectivity index (χ4v) is 3.63. The molecule has 3 rings (SSSR count). The summed E-state index contributed by atoms with van der Waals surface area (Å²) >= 11 is 0. The van der Waals surface area contributed by atoms with Crippen molar-refractivity contribution in [3.8, 4) is 11.5 Å². The first-order chi connectivity index (χ1) is 10.9. The van der Waals surface area contributed by atoms with Crippen LogP contribution in [0.3, 0.4) is 0 Å². The number of fused-ring (bicyclic) bond motifs is 1. The molecule has 1 heterocycles. The normalized spacial score (nSPS) is 17.7. The molecule has 1 aromatic carbocycles. The second-order valence-corrected chi connectivity index (χ2v) is 7.31. The molecule has 1 saturated carbocycles. The van der Waals surface area contributed by atoms with E-state index in [0.717, 1.165) is 25.0 Å². The molecule has 0 aromatic heterocycles. The number of nitrogens with one attached hydrogen (secondary N) is 1. The third kappa shape index (κ3) is 3.89. The Morgan fingerprint density at radius 3 is 2.42 bits per heavy atom.